The molecule has 2 aromatic carbocycles. The Labute approximate surface area is 146 Å². The highest BCUT2D eigenvalue weighted by atomic mass is 16.5. The molecule has 1 amide bonds. The second kappa shape index (κ2) is 8.94. The normalized spacial score (nSPS) is 11.0. The Morgan fingerprint density at radius 1 is 1.12 bits per heavy atom. The third-order valence-electron chi connectivity index (χ3n) is 3.37. The number of carbonyl (C=O) groups is 1. The molecule has 25 heavy (non-hydrogen) atoms. The zero-order valence-electron chi connectivity index (χ0n) is 14.0. The van der Waals surface area contributed by atoms with Gasteiger partial charge in [-0.2, -0.15) is 5.26 Å². The molecule has 0 heterocycles. The van der Waals surface area contributed by atoms with Crippen molar-refractivity contribution in [3.63, 3.8) is 0 Å². The first kappa shape index (κ1) is 17.8. The van der Waals surface area contributed by atoms with Crippen LogP contribution in [0.1, 0.15) is 5.56 Å². The van der Waals surface area contributed by atoms with Crippen LogP contribution in [0, 0.1) is 11.3 Å². The van der Waals surface area contributed by atoms with Gasteiger partial charge in [0.2, 0.25) is 0 Å². The second-order valence-electron chi connectivity index (χ2n) is 4.98. The number of nitriles is 1. The van der Waals surface area contributed by atoms with Gasteiger partial charge >= 0.3 is 0 Å². The number of hydrogen-bond acceptors (Lipinski definition) is 4. The largest absolute Gasteiger partial charge is 0.497 e. The number of carbonyl (C=O) groups excluding carboxylic acids is 1. The summed E-state index contributed by atoms with van der Waals surface area (Å²) in [5.41, 5.74) is 1.40. The van der Waals surface area contributed by atoms with Gasteiger partial charge in [-0.05, 0) is 24.3 Å². The Balaban J connectivity index is 2.12. The Morgan fingerprint density at radius 2 is 1.92 bits per heavy atom. The lowest BCUT2D eigenvalue weighted by atomic mass is 10.1. The van der Waals surface area contributed by atoms with Crippen LogP contribution in [0.15, 0.2) is 66.3 Å². The quantitative estimate of drug-likeness (QED) is 0.495. The van der Waals surface area contributed by atoms with Gasteiger partial charge in [0.05, 0.1) is 14.2 Å². The first-order valence-electron chi connectivity index (χ1n) is 7.55. The summed E-state index contributed by atoms with van der Waals surface area (Å²) in [5.74, 6) is 0.850. The fourth-order valence-electron chi connectivity index (χ4n) is 2.12. The van der Waals surface area contributed by atoms with Crippen molar-refractivity contribution in [2.75, 3.05) is 19.5 Å². The number of methoxy groups -OCH3 is 2. The zero-order valence-corrected chi connectivity index (χ0v) is 14.0. The Hall–Kier alpha value is -3.52. The van der Waals surface area contributed by atoms with Gasteiger partial charge < -0.3 is 14.8 Å². The first-order chi connectivity index (χ1) is 12.2. The third-order valence-corrected chi connectivity index (χ3v) is 3.37. The predicted molar refractivity (Wildman–Crippen MR) is 97.3 cm³/mol. The molecule has 126 valence electrons. The number of nitrogens with zero attached hydrogens (tertiary/aromatic N) is 1. The van der Waals surface area contributed by atoms with Crippen LogP contribution in [-0.4, -0.2) is 20.1 Å². The number of hydrogen-bond donors (Lipinski definition) is 1. The van der Waals surface area contributed by atoms with Gasteiger partial charge in [0.25, 0.3) is 5.91 Å². The lowest BCUT2D eigenvalue weighted by Gasteiger charge is -2.06. The van der Waals surface area contributed by atoms with Crippen molar-refractivity contribution >= 4 is 17.7 Å². The number of anilines is 1. The fraction of sp³-hybridized carbons (Fsp3) is 0.100. The van der Waals surface area contributed by atoms with Gasteiger partial charge in [-0.3, -0.25) is 4.79 Å². The van der Waals surface area contributed by atoms with E-state index in [0.29, 0.717) is 17.2 Å². The van der Waals surface area contributed by atoms with Crippen molar-refractivity contribution in [2.24, 2.45) is 0 Å². The maximum atomic E-state index is 12.2. The van der Waals surface area contributed by atoms with Gasteiger partial charge in [-0.25, -0.2) is 0 Å². The summed E-state index contributed by atoms with van der Waals surface area (Å²) in [6.45, 7) is 0. The van der Waals surface area contributed by atoms with Crippen LogP contribution in [0.5, 0.6) is 11.5 Å². The average molecular weight is 334 g/mol. The smallest absolute Gasteiger partial charge is 0.266 e. The molecular formula is C20H18N2O3. The second-order valence-corrected chi connectivity index (χ2v) is 4.98. The van der Waals surface area contributed by atoms with Crippen LogP contribution in [0.3, 0.4) is 0 Å². The van der Waals surface area contributed by atoms with E-state index in [0.717, 1.165) is 5.56 Å². The number of para-hydroxylation sites is 1. The van der Waals surface area contributed by atoms with Crippen molar-refractivity contribution in [2.45, 2.75) is 0 Å². The molecule has 5 heteroatoms. The maximum absolute atomic E-state index is 12.2. The summed E-state index contributed by atoms with van der Waals surface area (Å²) in [4.78, 5) is 12.2. The number of rotatable bonds is 6. The fourth-order valence-corrected chi connectivity index (χ4v) is 2.12. The number of nitrogens with one attached hydrogen (secondary N) is 1. The molecule has 0 fully saturated rings. The molecule has 0 saturated heterocycles. The zero-order chi connectivity index (χ0) is 18.1. The standard InChI is InChI=1S/C20H18N2O3/c1-24-18-11-6-10-17(13-18)22-20(23)16(14-21)9-5-8-15-7-3-4-12-19(15)25-2/h3-13H,1-2H3,(H,22,23)/b8-5+,16-9+. The van der Waals surface area contributed by atoms with Gasteiger partial charge in [0, 0.05) is 17.3 Å². The molecule has 2 rings (SSSR count). The lowest BCUT2D eigenvalue weighted by molar-refractivity contribution is -0.112. The van der Waals surface area contributed by atoms with E-state index in [1.54, 1.807) is 50.6 Å². The van der Waals surface area contributed by atoms with E-state index in [1.807, 2.05) is 30.3 Å². The third kappa shape index (κ3) is 4.98. The topological polar surface area (TPSA) is 71.3 Å². The van der Waals surface area contributed by atoms with Crippen LogP contribution in [-0.2, 0) is 4.79 Å². The van der Waals surface area contributed by atoms with E-state index < -0.39 is 5.91 Å². The van der Waals surface area contributed by atoms with Gasteiger partial charge in [-0.1, -0.05) is 36.4 Å². The summed E-state index contributed by atoms with van der Waals surface area (Å²) >= 11 is 0. The molecule has 0 radical (unpaired) electrons. The van der Waals surface area contributed by atoms with Gasteiger partial charge in [-0.15, -0.1) is 0 Å². The number of allylic oxidation sites excluding steroid dienone is 2. The molecule has 1 N–H and O–H groups in total. The molecule has 0 unspecified atom stereocenters. The van der Waals surface area contributed by atoms with Crippen molar-refractivity contribution < 1.29 is 14.3 Å². The molecule has 0 aliphatic carbocycles. The summed E-state index contributed by atoms with van der Waals surface area (Å²) in [5, 5.41) is 11.9. The molecule has 0 spiro atoms. The molecule has 0 saturated carbocycles. The predicted octanol–water partition coefficient (Wildman–Crippen LogP) is 3.81. The highest BCUT2D eigenvalue weighted by molar-refractivity contribution is 6.06. The first-order valence-corrected chi connectivity index (χ1v) is 7.55. The van der Waals surface area contributed by atoms with E-state index in [1.165, 1.54) is 6.08 Å². The minimum absolute atomic E-state index is 0.00559. The molecule has 0 aliphatic heterocycles. The maximum Gasteiger partial charge on any atom is 0.266 e. The van der Waals surface area contributed by atoms with Crippen LogP contribution in [0.25, 0.3) is 6.08 Å². The minimum atomic E-state index is -0.486. The summed E-state index contributed by atoms with van der Waals surface area (Å²) < 4.78 is 10.4. The Bertz CT molecular complexity index is 848. The van der Waals surface area contributed by atoms with E-state index in [9.17, 15) is 10.1 Å². The lowest BCUT2D eigenvalue weighted by Crippen LogP contribution is -2.13. The number of benzene rings is 2. The molecule has 0 aromatic heterocycles. The Kier molecular flexibility index (Phi) is 6.38. The molecule has 0 atom stereocenters. The van der Waals surface area contributed by atoms with Gasteiger partial charge in [0.15, 0.2) is 0 Å². The highest BCUT2D eigenvalue weighted by Crippen LogP contribution is 2.19. The van der Waals surface area contributed by atoms with E-state index >= 15 is 0 Å². The SMILES string of the molecule is COc1cccc(NC(=O)/C(C#N)=C/C=C/c2ccccc2OC)c1. The molecule has 0 bridgehead atoms. The summed E-state index contributed by atoms with van der Waals surface area (Å²) in [6, 6.07) is 16.3. The van der Waals surface area contributed by atoms with E-state index in [-0.39, 0.29) is 5.57 Å². The van der Waals surface area contributed by atoms with Crippen LogP contribution in [0.4, 0.5) is 5.69 Å². The molecular weight excluding hydrogens is 316 g/mol. The van der Waals surface area contributed by atoms with Gasteiger partial charge in [0.1, 0.15) is 23.1 Å². The highest BCUT2D eigenvalue weighted by Gasteiger charge is 2.08. The summed E-state index contributed by atoms with van der Waals surface area (Å²) in [6.07, 6.45) is 4.87. The Morgan fingerprint density at radius 3 is 2.64 bits per heavy atom. The van der Waals surface area contributed by atoms with Crippen LogP contribution >= 0.6 is 0 Å². The van der Waals surface area contributed by atoms with Crippen molar-refractivity contribution in [1.82, 2.24) is 0 Å². The number of amides is 1. The monoisotopic (exact) mass is 334 g/mol. The molecule has 0 aliphatic rings. The van der Waals surface area contributed by atoms with E-state index in [4.69, 9.17) is 9.47 Å². The average Bonchev–Trinajstić information content (AvgIpc) is 2.65. The molecule has 5 nitrogen and oxygen atoms in total. The van der Waals surface area contributed by atoms with Crippen molar-refractivity contribution in [3.8, 4) is 17.6 Å². The van der Waals surface area contributed by atoms with Crippen molar-refractivity contribution in [3.05, 3.63) is 71.8 Å². The summed E-state index contributed by atoms with van der Waals surface area (Å²) in [7, 11) is 3.13. The minimum Gasteiger partial charge on any atom is -0.497 e. The van der Waals surface area contributed by atoms with Crippen LogP contribution in [0.2, 0.25) is 0 Å². The van der Waals surface area contributed by atoms with Crippen molar-refractivity contribution in [1.29, 1.82) is 5.26 Å². The van der Waals surface area contributed by atoms with Crippen LogP contribution < -0.4 is 14.8 Å². The van der Waals surface area contributed by atoms with E-state index in [2.05, 4.69) is 5.32 Å². The number of ether oxygens (including phenoxy) is 2. The molecule has 2 aromatic rings.